The van der Waals surface area contributed by atoms with Gasteiger partial charge in [-0.2, -0.15) is 0 Å². The first kappa shape index (κ1) is 11.2. The van der Waals surface area contributed by atoms with Crippen LogP contribution in [0.5, 0.6) is 11.5 Å². The first-order chi connectivity index (χ1) is 9.79. The van der Waals surface area contributed by atoms with Crippen LogP contribution in [-0.4, -0.2) is 35.5 Å². The lowest BCUT2D eigenvalue weighted by atomic mass is 9.66. The zero-order chi connectivity index (χ0) is 13.3. The van der Waals surface area contributed by atoms with E-state index >= 15 is 0 Å². The summed E-state index contributed by atoms with van der Waals surface area (Å²) in [5.41, 5.74) is 2.27. The van der Waals surface area contributed by atoms with Crippen molar-refractivity contribution >= 4 is 0 Å². The van der Waals surface area contributed by atoms with Crippen LogP contribution in [-0.2, 0) is 12.0 Å². The molecule has 5 rings (SSSR count). The summed E-state index contributed by atoms with van der Waals surface area (Å²) in [6.45, 7) is 1.97. The molecule has 3 heterocycles. The molecule has 4 atom stereocenters. The zero-order valence-corrected chi connectivity index (χ0v) is 11.2. The third-order valence-corrected chi connectivity index (χ3v) is 5.39. The normalized spacial score (nSPS) is 39.5. The van der Waals surface area contributed by atoms with Crippen LogP contribution in [0.4, 0.5) is 0 Å². The lowest BCUT2D eigenvalue weighted by Crippen LogP contribution is -2.49. The Morgan fingerprint density at radius 2 is 2.10 bits per heavy atom. The van der Waals surface area contributed by atoms with Crippen molar-refractivity contribution in [2.24, 2.45) is 0 Å². The molecule has 1 N–H and O–H groups in total. The fourth-order valence-electron chi connectivity index (χ4n) is 4.56. The summed E-state index contributed by atoms with van der Waals surface area (Å²) >= 11 is 0. The van der Waals surface area contributed by atoms with Gasteiger partial charge in [-0.1, -0.05) is 12.2 Å². The number of nitrogens with zero attached hydrogens (tertiary/aromatic N) is 1. The minimum absolute atomic E-state index is 0.243. The largest absolute Gasteiger partial charge is 0.454 e. The number of benzene rings is 1. The monoisotopic (exact) mass is 271 g/mol. The third kappa shape index (κ3) is 1.15. The Morgan fingerprint density at radius 3 is 3.00 bits per heavy atom. The summed E-state index contributed by atoms with van der Waals surface area (Å²) in [4.78, 5) is 2.43. The van der Waals surface area contributed by atoms with E-state index in [1.54, 1.807) is 0 Å². The van der Waals surface area contributed by atoms with E-state index in [0.717, 1.165) is 37.4 Å². The van der Waals surface area contributed by atoms with Crippen molar-refractivity contribution in [2.45, 2.75) is 36.9 Å². The molecular weight excluding hydrogens is 254 g/mol. The Hall–Kier alpha value is -1.52. The molecular formula is C16H17NO3. The van der Waals surface area contributed by atoms with Gasteiger partial charge in [-0.05, 0) is 36.1 Å². The van der Waals surface area contributed by atoms with Gasteiger partial charge in [0.15, 0.2) is 11.5 Å². The summed E-state index contributed by atoms with van der Waals surface area (Å²) in [5, 5.41) is 10.7. The number of hydrogen-bond acceptors (Lipinski definition) is 4. The number of ether oxygens (including phenoxy) is 2. The highest BCUT2D eigenvalue weighted by Gasteiger charge is 2.57. The Kier molecular flexibility index (Phi) is 1.99. The van der Waals surface area contributed by atoms with Gasteiger partial charge < -0.3 is 14.6 Å². The van der Waals surface area contributed by atoms with Gasteiger partial charge in [0.25, 0.3) is 0 Å². The van der Waals surface area contributed by atoms with Crippen LogP contribution in [0, 0.1) is 0 Å². The average Bonchev–Trinajstić information content (AvgIpc) is 2.99. The van der Waals surface area contributed by atoms with Crippen molar-refractivity contribution in [3.63, 3.8) is 0 Å². The molecule has 4 unspecified atom stereocenters. The SMILES string of the molecule is OC1CN2Cc3cc4c(cc3C13C=CCCC23)OCO4. The number of aliphatic hydroxyl groups is 1. The van der Waals surface area contributed by atoms with Crippen LogP contribution in [0.15, 0.2) is 24.3 Å². The molecule has 0 spiro atoms. The molecule has 1 fully saturated rings. The van der Waals surface area contributed by atoms with Crippen LogP contribution >= 0.6 is 0 Å². The number of aliphatic hydroxyl groups excluding tert-OH is 1. The molecule has 3 aliphatic heterocycles. The van der Waals surface area contributed by atoms with E-state index in [9.17, 15) is 5.11 Å². The molecule has 20 heavy (non-hydrogen) atoms. The van der Waals surface area contributed by atoms with E-state index in [0.29, 0.717) is 12.8 Å². The van der Waals surface area contributed by atoms with E-state index in [1.807, 2.05) is 0 Å². The zero-order valence-electron chi connectivity index (χ0n) is 11.2. The maximum absolute atomic E-state index is 10.7. The van der Waals surface area contributed by atoms with Crippen molar-refractivity contribution in [1.29, 1.82) is 0 Å². The van der Waals surface area contributed by atoms with Crippen LogP contribution in [0.25, 0.3) is 0 Å². The minimum Gasteiger partial charge on any atom is -0.454 e. The van der Waals surface area contributed by atoms with Crippen LogP contribution in [0.1, 0.15) is 24.0 Å². The Morgan fingerprint density at radius 1 is 1.25 bits per heavy atom. The van der Waals surface area contributed by atoms with Gasteiger partial charge in [0, 0.05) is 19.1 Å². The molecule has 4 heteroatoms. The predicted molar refractivity (Wildman–Crippen MR) is 72.8 cm³/mol. The molecule has 1 aromatic rings. The van der Waals surface area contributed by atoms with E-state index in [-0.39, 0.29) is 11.5 Å². The Bertz CT molecular complexity index is 626. The topological polar surface area (TPSA) is 41.9 Å². The van der Waals surface area contributed by atoms with Crippen molar-refractivity contribution in [2.75, 3.05) is 13.3 Å². The summed E-state index contributed by atoms with van der Waals surface area (Å²) in [6, 6.07) is 4.63. The molecule has 1 aromatic carbocycles. The highest BCUT2D eigenvalue weighted by atomic mass is 16.7. The summed E-state index contributed by atoms with van der Waals surface area (Å²) < 4.78 is 11.0. The van der Waals surface area contributed by atoms with Crippen molar-refractivity contribution in [1.82, 2.24) is 4.90 Å². The lowest BCUT2D eigenvalue weighted by Gasteiger charge is -2.45. The van der Waals surface area contributed by atoms with Gasteiger partial charge in [-0.15, -0.1) is 0 Å². The first-order valence-electron chi connectivity index (χ1n) is 7.32. The average molecular weight is 271 g/mol. The molecule has 1 saturated heterocycles. The van der Waals surface area contributed by atoms with Crippen LogP contribution in [0.3, 0.4) is 0 Å². The van der Waals surface area contributed by atoms with Crippen molar-refractivity contribution < 1.29 is 14.6 Å². The predicted octanol–water partition coefficient (Wildman–Crippen LogP) is 1.56. The van der Waals surface area contributed by atoms with Crippen LogP contribution in [0.2, 0.25) is 0 Å². The molecule has 1 aliphatic carbocycles. The van der Waals surface area contributed by atoms with Crippen molar-refractivity contribution in [3.8, 4) is 11.5 Å². The summed E-state index contributed by atoms with van der Waals surface area (Å²) in [7, 11) is 0. The Labute approximate surface area is 117 Å². The maximum Gasteiger partial charge on any atom is 0.231 e. The fourth-order valence-corrected chi connectivity index (χ4v) is 4.56. The number of allylic oxidation sites excluding steroid dienone is 1. The molecule has 0 radical (unpaired) electrons. The lowest BCUT2D eigenvalue weighted by molar-refractivity contribution is 0.130. The van der Waals surface area contributed by atoms with E-state index in [4.69, 9.17) is 9.47 Å². The molecule has 0 saturated carbocycles. The first-order valence-corrected chi connectivity index (χ1v) is 7.32. The molecule has 2 bridgehead atoms. The number of hydrogen-bond donors (Lipinski definition) is 1. The van der Waals surface area contributed by atoms with Crippen molar-refractivity contribution in [3.05, 3.63) is 35.4 Å². The second-order valence-corrected chi connectivity index (χ2v) is 6.24. The maximum atomic E-state index is 10.7. The van der Waals surface area contributed by atoms with Gasteiger partial charge in [0.1, 0.15) is 0 Å². The Balaban J connectivity index is 1.78. The van der Waals surface area contributed by atoms with E-state index < -0.39 is 0 Å². The van der Waals surface area contributed by atoms with E-state index in [2.05, 4.69) is 29.2 Å². The number of fused-ring (bicyclic) bond motifs is 2. The molecule has 0 amide bonds. The fraction of sp³-hybridized carbons (Fsp3) is 0.500. The number of rotatable bonds is 0. The minimum atomic E-state index is -0.328. The molecule has 4 aliphatic rings. The highest BCUT2D eigenvalue weighted by molar-refractivity contribution is 5.56. The smallest absolute Gasteiger partial charge is 0.231 e. The van der Waals surface area contributed by atoms with Gasteiger partial charge >= 0.3 is 0 Å². The molecule has 0 aromatic heterocycles. The second-order valence-electron chi connectivity index (χ2n) is 6.24. The molecule has 104 valence electrons. The molecule has 4 nitrogen and oxygen atoms in total. The van der Waals surface area contributed by atoms with Gasteiger partial charge in [-0.3, -0.25) is 4.90 Å². The van der Waals surface area contributed by atoms with Gasteiger partial charge in [0.2, 0.25) is 6.79 Å². The van der Waals surface area contributed by atoms with Crippen LogP contribution < -0.4 is 9.47 Å². The van der Waals surface area contributed by atoms with Gasteiger partial charge in [0.05, 0.1) is 11.5 Å². The highest BCUT2D eigenvalue weighted by Crippen LogP contribution is 2.53. The quantitative estimate of drug-likeness (QED) is 0.727. The van der Waals surface area contributed by atoms with E-state index in [1.165, 1.54) is 11.1 Å². The third-order valence-electron chi connectivity index (χ3n) is 5.39. The standard InChI is InChI=1S/C16H17NO3/c18-15-8-17-7-10-5-12-13(20-9-19-12)6-11(10)16(15)4-2-1-3-14(16)17/h2,4-6,14-15,18H,1,3,7-9H2. The van der Waals surface area contributed by atoms with Gasteiger partial charge in [-0.25, -0.2) is 0 Å². The summed E-state index contributed by atoms with van der Waals surface area (Å²) in [5.74, 6) is 1.66. The second kappa shape index (κ2) is 3.57. The summed E-state index contributed by atoms with van der Waals surface area (Å²) in [6.07, 6.45) is 6.37.